The molecule has 0 aliphatic carbocycles. The van der Waals surface area contributed by atoms with E-state index in [0.717, 1.165) is 11.3 Å². The molecule has 0 bridgehead atoms. The molecule has 0 saturated carbocycles. The van der Waals surface area contributed by atoms with E-state index >= 15 is 0 Å². The summed E-state index contributed by atoms with van der Waals surface area (Å²) in [7, 11) is 0. The number of amides is 2. The highest BCUT2D eigenvalue weighted by Gasteiger charge is 2.11. The minimum Gasteiger partial charge on any atom is -0.365 e. The van der Waals surface area contributed by atoms with Gasteiger partial charge in [-0.15, -0.1) is 0 Å². The minimum absolute atomic E-state index is 0.170. The maximum absolute atomic E-state index is 11.6. The van der Waals surface area contributed by atoms with E-state index < -0.39 is 11.8 Å². The van der Waals surface area contributed by atoms with Crippen LogP contribution in [-0.2, 0) is 0 Å². The molecule has 0 aromatic carbocycles. The van der Waals surface area contributed by atoms with Gasteiger partial charge in [-0.1, -0.05) is 11.3 Å². The van der Waals surface area contributed by atoms with Gasteiger partial charge in [-0.05, 0) is 0 Å². The van der Waals surface area contributed by atoms with Gasteiger partial charge in [0.25, 0.3) is 11.8 Å². The fraction of sp³-hybridized carbons (Fsp3) is 0. The molecule has 2 aromatic heterocycles. The third-order valence-corrected chi connectivity index (χ3v) is 2.69. The molecule has 0 spiro atoms. The summed E-state index contributed by atoms with van der Waals surface area (Å²) in [6.45, 7) is 0. The van der Waals surface area contributed by atoms with Gasteiger partial charge in [0.1, 0.15) is 10.6 Å². The Bertz CT molecular complexity index is 554. The Morgan fingerprint density at radius 3 is 2.65 bits per heavy atom. The first kappa shape index (κ1) is 11.1. The van der Waals surface area contributed by atoms with Crippen molar-refractivity contribution in [3.05, 3.63) is 35.4 Å². The maximum Gasteiger partial charge on any atom is 0.277 e. The predicted octanol–water partition coefficient (Wildman–Crippen LogP) is 0.284. The van der Waals surface area contributed by atoms with Crippen LogP contribution in [0.4, 0.5) is 5.13 Å². The number of carbonyl (C=O) groups excluding carboxylic acids is 2. The fourth-order valence-corrected chi connectivity index (χ4v) is 1.69. The Balaban J connectivity index is 2.11. The summed E-state index contributed by atoms with van der Waals surface area (Å²) in [6, 6.07) is 0. The van der Waals surface area contributed by atoms with E-state index in [-0.39, 0.29) is 15.7 Å². The van der Waals surface area contributed by atoms with Crippen molar-refractivity contribution in [1.29, 1.82) is 0 Å². The van der Waals surface area contributed by atoms with E-state index in [1.54, 1.807) is 0 Å². The number of carbonyl (C=O) groups is 2. The van der Waals surface area contributed by atoms with Crippen LogP contribution in [0, 0.1) is 0 Å². The highest BCUT2D eigenvalue weighted by atomic mass is 32.1. The average molecular weight is 249 g/mol. The van der Waals surface area contributed by atoms with E-state index in [0.29, 0.717) is 0 Å². The minimum atomic E-state index is -0.581. The van der Waals surface area contributed by atoms with Gasteiger partial charge < -0.3 is 5.73 Å². The van der Waals surface area contributed by atoms with Crippen molar-refractivity contribution in [2.75, 3.05) is 5.32 Å². The summed E-state index contributed by atoms with van der Waals surface area (Å²) in [4.78, 5) is 34.2. The Morgan fingerprint density at radius 2 is 2.06 bits per heavy atom. The second-order valence-electron chi connectivity index (χ2n) is 2.94. The molecule has 0 saturated heterocycles. The molecule has 0 fully saturated rings. The summed E-state index contributed by atoms with van der Waals surface area (Å²) in [5.41, 5.74) is 5.24. The van der Waals surface area contributed by atoms with Crippen LogP contribution in [0.15, 0.2) is 24.8 Å². The number of rotatable bonds is 3. The first-order chi connectivity index (χ1) is 8.16. The van der Waals surface area contributed by atoms with Crippen LogP contribution in [-0.4, -0.2) is 26.8 Å². The second-order valence-corrected chi connectivity index (χ2v) is 3.97. The van der Waals surface area contributed by atoms with Crippen LogP contribution in [0.5, 0.6) is 0 Å². The largest absolute Gasteiger partial charge is 0.365 e. The quantitative estimate of drug-likeness (QED) is 0.811. The van der Waals surface area contributed by atoms with Gasteiger partial charge in [0, 0.05) is 12.4 Å². The smallest absolute Gasteiger partial charge is 0.277 e. The van der Waals surface area contributed by atoms with Crippen molar-refractivity contribution in [3.63, 3.8) is 0 Å². The van der Waals surface area contributed by atoms with Crippen LogP contribution in [0.2, 0.25) is 0 Å². The van der Waals surface area contributed by atoms with Gasteiger partial charge in [-0.2, -0.15) is 0 Å². The molecule has 2 rings (SSSR count). The number of aromatic nitrogens is 3. The summed E-state index contributed by atoms with van der Waals surface area (Å²) >= 11 is 0.998. The van der Waals surface area contributed by atoms with Gasteiger partial charge >= 0.3 is 0 Å². The molecule has 7 nitrogen and oxygen atoms in total. The van der Waals surface area contributed by atoms with Crippen LogP contribution in [0.25, 0.3) is 0 Å². The van der Waals surface area contributed by atoms with E-state index in [2.05, 4.69) is 20.3 Å². The van der Waals surface area contributed by atoms with Crippen molar-refractivity contribution >= 4 is 28.3 Å². The van der Waals surface area contributed by atoms with Crippen molar-refractivity contribution in [1.82, 2.24) is 15.0 Å². The number of hydrogen-bond acceptors (Lipinski definition) is 6. The molecular formula is C9H7N5O2S. The zero-order chi connectivity index (χ0) is 12.3. The molecule has 0 aliphatic heterocycles. The van der Waals surface area contributed by atoms with E-state index in [9.17, 15) is 9.59 Å². The molecule has 0 unspecified atom stereocenters. The summed E-state index contributed by atoms with van der Waals surface area (Å²) in [5.74, 6) is -1.02. The molecule has 3 N–H and O–H groups in total. The van der Waals surface area contributed by atoms with Gasteiger partial charge in [-0.3, -0.25) is 19.9 Å². The lowest BCUT2D eigenvalue weighted by atomic mass is 10.4. The fourth-order valence-electron chi connectivity index (χ4n) is 1.02. The topological polar surface area (TPSA) is 111 Å². The van der Waals surface area contributed by atoms with Gasteiger partial charge in [0.15, 0.2) is 5.13 Å². The molecule has 0 atom stereocenters. The third kappa shape index (κ3) is 2.61. The van der Waals surface area contributed by atoms with E-state index in [1.165, 1.54) is 24.8 Å². The number of hydrogen-bond donors (Lipinski definition) is 2. The number of nitrogens with two attached hydrogens (primary N) is 1. The lowest BCUT2D eigenvalue weighted by Gasteiger charge is -1.98. The third-order valence-electron chi connectivity index (χ3n) is 1.76. The maximum atomic E-state index is 11.6. The van der Waals surface area contributed by atoms with Crippen LogP contribution in [0.1, 0.15) is 20.2 Å². The van der Waals surface area contributed by atoms with Crippen LogP contribution in [0.3, 0.4) is 0 Å². The molecule has 86 valence electrons. The zero-order valence-corrected chi connectivity index (χ0v) is 9.27. The number of thiazole rings is 1. The Labute approximate surface area is 99.7 Å². The Hall–Kier alpha value is -2.35. The molecular weight excluding hydrogens is 242 g/mol. The van der Waals surface area contributed by atoms with Gasteiger partial charge in [0.05, 0.1) is 12.4 Å². The SMILES string of the molecule is NC(=O)c1cnc(NC(=O)c2cnccn2)s1. The van der Waals surface area contributed by atoms with Crippen molar-refractivity contribution in [2.24, 2.45) is 5.73 Å². The summed E-state index contributed by atoms with van der Waals surface area (Å²) in [5, 5.41) is 2.78. The van der Waals surface area contributed by atoms with Gasteiger partial charge in [-0.25, -0.2) is 9.97 Å². The van der Waals surface area contributed by atoms with Crippen LogP contribution >= 0.6 is 11.3 Å². The van der Waals surface area contributed by atoms with E-state index in [1.807, 2.05) is 0 Å². The summed E-state index contributed by atoms with van der Waals surface area (Å²) in [6.07, 6.45) is 5.51. The molecule has 8 heteroatoms. The first-order valence-corrected chi connectivity index (χ1v) is 5.31. The molecule has 17 heavy (non-hydrogen) atoms. The van der Waals surface area contributed by atoms with Crippen LogP contribution < -0.4 is 11.1 Å². The highest BCUT2D eigenvalue weighted by molar-refractivity contribution is 7.17. The number of primary amides is 1. The van der Waals surface area contributed by atoms with Crippen molar-refractivity contribution < 1.29 is 9.59 Å². The molecule has 2 heterocycles. The molecule has 0 aliphatic rings. The lowest BCUT2D eigenvalue weighted by molar-refractivity contribution is 0.1000. The summed E-state index contributed by atoms with van der Waals surface area (Å²) < 4.78 is 0. The number of anilines is 1. The highest BCUT2D eigenvalue weighted by Crippen LogP contribution is 2.17. The standard InChI is InChI=1S/C9H7N5O2S/c10-7(15)6-4-13-9(17-6)14-8(16)5-3-11-1-2-12-5/h1-4H,(H2,10,15)(H,13,14,16). The Kier molecular flexibility index (Phi) is 3.06. The number of nitrogens with zero attached hydrogens (tertiary/aromatic N) is 3. The number of nitrogens with one attached hydrogen (secondary N) is 1. The Morgan fingerprint density at radius 1 is 1.24 bits per heavy atom. The normalized spacial score (nSPS) is 9.88. The zero-order valence-electron chi connectivity index (χ0n) is 8.45. The van der Waals surface area contributed by atoms with Crippen molar-refractivity contribution in [3.8, 4) is 0 Å². The average Bonchev–Trinajstić information content (AvgIpc) is 2.79. The first-order valence-electron chi connectivity index (χ1n) is 4.50. The van der Waals surface area contributed by atoms with E-state index in [4.69, 9.17) is 5.73 Å². The molecule has 2 amide bonds. The second kappa shape index (κ2) is 4.66. The van der Waals surface area contributed by atoms with Crippen molar-refractivity contribution in [2.45, 2.75) is 0 Å². The van der Waals surface area contributed by atoms with Gasteiger partial charge in [0.2, 0.25) is 0 Å². The predicted molar refractivity (Wildman–Crippen MR) is 60.6 cm³/mol. The molecule has 2 aromatic rings. The lowest BCUT2D eigenvalue weighted by Crippen LogP contribution is -2.13. The monoisotopic (exact) mass is 249 g/mol. The molecule has 0 radical (unpaired) electrons.